The molecule has 1 atom stereocenters. The fraction of sp³-hybridized carbons (Fsp3) is 0.222. The van der Waals surface area contributed by atoms with Crippen LogP contribution in [-0.4, -0.2) is 32.5 Å². The van der Waals surface area contributed by atoms with Gasteiger partial charge in [0.2, 0.25) is 0 Å². The van der Waals surface area contributed by atoms with Gasteiger partial charge in [0.05, 0.1) is 11.9 Å². The number of benzene rings is 1. The second-order valence-electron chi connectivity index (χ2n) is 6.25. The van der Waals surface area contributed by atoms with Crippen LogP contribution in [0, 0.1) is 13.8 Å². The third-order valence-electron chi connectivity index (χ3n) is 4.19. The molecule has 2 amide bonds. The first-order valence-corrected chi connectivity index (χ1v) is 8.17. The van der Waals surface area contributed by atoms with E-state index in [4.69, 9.17) is 4.74 Å². The third-order valence-corrected chi connectivity index (χ3v) is 4.19. The molecule has 1 aliphatic heterocycles. The second kappa shape index (κ2) is 5.83. The Hall–Kier alpha value is -3.42. The molecule has 0 saturated heterocycles. The molecule has 8 heteroatoms. The van der Waals surface area contributed by atoms with Gasteiger partial charge < -0.3 is 15.4 Å². The zero-order valence-corrected chi connectivity index (χ0v) is 14.5. The number of nitrogens with one attached hydrogen (secondary N) is 2. The zero-order valence-electron chi connectivity index (χ0n) is 14.5. The van der Waals surface area contributed by atoms with E-state index in [1.807, 2.05) is 19.9 Å². The molecule has 0 saturated carbocycles. The van der Waals surface area contributed by atoms with E-state index in [0.29, 0.717) is 28.3 Å². The van der Waals surface area contributed by atoms with Gasteiger partial charge in [-0.2, -0.15) is 5.10 Å². The quantitative estimate of drug-likeness (QED) is 0.738. The number of rotatable bonds is 2. The lowest BCUT2D eigenvalue weighted by Gasteiger charge is -2.23. The molecule has 1 unspecified atom stereocenters. The topological polar surface area (TPSA) is 97.6 Å². The number of hydrogen-bond donors (Lipinski definition) is 2. The van der Waals surface area contributed by atoms with Gasteiger partial charge in [-0.05, 0) is 45.0 Å². The molecular formula is C18H17N5O3. The van der Waals surface area contributed by atoms with E-state index in [9.17, 15) is 9.59 Å². The predicted molar refractivity (Wildman–Crippen MR) is 95.6 cm³/mol. The van der Waals surface area contributed by atoms with Gasteiger partial charge in [0.25, 0.3) is 11.8 Å². The highest BCUT2D eigenvalue weighted by Crippen LogP contribution is 2.32. The van der Waals surface area contributed by atoms with Gasteiger partial charge in [0.15, 0.2) is 11.8 Å². The van der Waals surface area contributed by atoms with Crippen molar-refractivity contribution in [1.82, 2.24) is 14.6 Å². The summed E-state index contributed by atoms with van der Waals surface area (Å²) in [6.45, 7) is 5.45. The molecule has 26 heavy (non-hydrogen) atoms. The molecule has 0 fully saturated rings. The Morgan fingerprint density at radius 3 is 2.92 bits per heavy atom. The minimum absolute atomic E-state index is 0.223. The van der Waals surface area contributed by atoms with Crippen molar-refractivity contribution in [3.63, 3.8) is 0 Å². The van der Waals surface area contributed by atoms with Crippen LogP contribution in [0.4, 0.5) is 11.4 Å². The van der Waals surface area contributed by atoms with Crippen LogP contribution in [0.2, 0.25) is 0 Å². The van der Waals surface area contributed by atoms with Crippen LogP contribution >= 0.6 is 0 Å². The molecule has 1 aromatic carbocycles. The number of carbonyl (C=O) groups is 2. The number of hydrogen-bond acceptors (Lipinski definition) is 5. The first-order valence-electron chi connectivity index (χ1n) is 8.17. The van der Waals surface area contributed by atoms with Crippen LogP contribution in [0.1, 0.15) is 28.7 Å². The van der Waals surface area contributed by atoms with Crippen LogP contribution in [0.25, 0.3) is 5.65 Å². The van der Waals surface area contributed by atoms with Crippen molar-refractivity contribution < 1.29 is 14.3 Å². The summed E-state index contributed by atoms with van der Waals surface area (Å²) >= 11 is 0. The average molecular weight is 351 g/mol. The first kappa shape index (κ1) is 16.1. The lowest BCUT2D eigenvalue weighted by atomic mass is 10.2. The zero-order chi connectivity index (χ0) is 18.4. The van der Waals surface area contributed by atoms with Crippen molar-refractivity contribution in [1.29, 1.82) is 0 Å². The molecule has 0 aliphatic carbocycles. The summed E-state index contributed by atoms with van der Waals surface area (Å²) in [4.78, 5) is 28.8. The van der Waals surface area contributed by atoms with Crippen molar-refractivity contribution >= 4 is 28.8 Å². The van der Waals surface area contributed by atoms with Gasteiger partial charge in [-0.3, -0.25) is 9.59 Å². The van der Waals surface area contributed by atoms with Gasteiger partial charge in [-0.1, -0.05) is 0 Å². The number of aromatic nitrogens is 3. The molecule has 0 bridgehead atoms. The van der Waals surface area contributed by atoms with Crippen LogP contribution in [-0.2, 0) is 4.79 Å². The monoisotopic (exact) mass is 351 g/mol. The molecule has 132 valence electrons. The van der Waals surface area contributed by atoms with Crippen molar-refractivity contribution in [2.45, 2.75) is 26.9 Å². The summed E-state index contributed by atoms with van der Waals surface area (Å²) in [5.74, 6) is 0.0200. The van der Waals surface area contributed by atoms with Gasteiger partial charge in [-0.15, -0.1) is 0 Å². The van der Waals surface area contributed by atoms with Gasteiger partial charge in [0.1, 0.15) is 11.3 Å². The number of aryl methyl sites for hydroxylation is 2. The minimum atomic E-state index is -0.542. The SMILES string of the molecule is Cc1cc(C)n2ncc(C(=O)Nc3ccc4c(c3)NC(=O)C(C)O4)c2n1. The molecule has 4 rings (SSSR count). The maximum absolute atomic E-state index is 12.7. The smallest absolute Gasteiger partial charge is 0.265 e. The summed E-state index contributed by atoms with van der Waals surface area (Å²) in [5, 5.41) is 9.80. The second-order valence-corrected chi connectivity index (χ2v) is 6.25. The number of nitrogens with zero attached hydrogens (tertiary/aromatic N) is 3. The van der Waals surface area contributed by atoms with E-state index in [1.165, 1.54) is 6.20 Å². The molecule has 2 N–H and O–H groups in total. The maximum atomic E-state index is 12.7. The Bertz CT molecular complexity index is 1060. The molecule has 2 aromatic heterocycles. The van der Waals surface area contributed by atoms with Crippen molar-refractivity contribution in [3.8, 4) is 5.75 Å². The number of carbonyl (C=O) groups excluding carboxylic acids is 2. The average Bonchev–Trinajstić information content (AvgIpc) is 3.00. The number of fused-ring (bicyclic) bond motifs is 2. The van der Waals surface area contributed by atoms with Crippen molar-refractivity contribution in [2.75, 3.05) is 10.6 Å². The molecule has 3 heterocycles. The lowest BCUT2D eigenvalue weighted by Crippen LogP contribution is -2.34. The summed E-state index contributed by atoms with van der Waals surface area (Å²) < 4.78 is 7.14. The number of ether oxygens (including phenoxy) is 1. The summed E-state index contributed by atoms with van der Waals surface area (Å²) in [5.41, 5.74) is 3.65. The summed E-state index contributed by atoms with van der Waals surface area (Å²) in [6, 6.07) is 6.99. The molecule has 0 radical (unpaired) electrons. The number of anilines is 2. The lowest BCUT2D eigenvalue weighted by molar-refractivity contribution is -0.122. The predicted octanol–water partition coefficient (Wildman–Crippen LogP) is 2.32. The van der Waals surface area contributed by atoms with Crippen LogP contribution in [0.5, 0.6) is 5.75 Å². The van der Waals surface area contributed by atoms with Crippen LogP contribution in [0.3, 0.4) is 0 Å². The van der Waals surface area contributed by atoms with E-state index in [1.54, 1.807) is 29.6 Å². The van der Waals surface area contributed by atoms with E-state index in [2.05, 4.69) is 20.7 Å². The third kappa shape index (κ3) is 2.65. The van der Waals surface area contributed by atoms with Crippen molar-refractivity contribution in [2.24, 2.45) is 0 Å². The summed E-state index contributed by atoms with van der Waals surface area (Å²) in [6.07, 6.45) is 0.953. The Labute approximate surface area is 149 Å². The fourth-order valence-electron chi connectivity index (χ4n) is 2.92. The number of amides is 2. The van der Waals surface area contributed by atoms with Crippen molar-refractivity contribution in [3.05, 3.63) is 47.4 Å². The largest absolute Gasteiger partial charge is 0.479 e. The van der Waals surface area contributed by atoms with E-state index < -0.39 is 6.10 Å². The molecule has 8 nitrogen and oxygen atoms in total. The molecular weight excluding hydrogens is 334 g/mol. The van der Waals surface area contributed by atoms with Crippen LogP contribution in [0.15, 0.2) is 30.5 Å². The van der Waals surface area contributed by atoms with E-state index in [0.717, 1.165) is 11.4 Å². The summed E-state index contributed by atoms with van der Waals surface area (Å²) in [7, 11) is 0. The van der Waals surface area contributed by atoms with Gasteiger partial charge in [-0.25, -0.2) is 9.50 Å². The van der Waals surface area contributed by atoms with E-state index in [-0.39, 0.29) is 11.8 Å². The van der Waals surface area contributed by atoms with E-state index >= 15 is 0 Å². The Morgan fingerprint density at radius 2 is 2.12 bits per heavy atom. The highest BCUT2D eigenvalue weighted by Gasteiger charge is 2.24. The Morgan fingerprint density at radius 1 is 1.31 bits per heavy atom. The maximum Gasteiger partial charge on any atom is 0.265 e. The highest BCUT2D eigenvalue weighted by atomic mass is 16.5. The van der Waals surface area contributed by atoms with Gasteiger partial charge in [0, 0.05) is 17.1 Å². The van der Waals surface area contributed by atoms with Crippen LogP contribution < -0.4 is 15.4 Å². The molecule has 3 aromatic rings. The first-order chi connectivity index (χ1) is 12.4. The van der Waals surface area contributed by atoms with Gasteiger partial charge >= 0.3 is 0 Å². The normalized spacial score (nSPS) is 16.0. The molecule has 1 aliphatic rings. The highest BCUT2D eigenvalue weighted by molar-refractivity contribution is 6.08. The molecule has 0 spiro atoms. The Kier molecular flexibility index (Phi) is 3.61. The minimum Gasteiger partial charge on any atom is -0.479 e. The standard InChI is InChI=1S/C18H17N5O3/c1-9-6-10(2)23-16(20-9)13(8-19-23)18(25)21-12-4-5-15-14(7-12)22-17(24)11(3)26-15/h4-8,11H,1-3H3,(H,21,25)(H,22,24). The Balaban J connectivity index is 1.63. The fourth-order valence-corrected chi connectivity index (χ4v) is 2.92.